The van der Waals surface area contributed by atoms with Gasteiger partial charge in [0.2, 0.25) is 5.91 Å². The van der Waals surface area contributed by atoms with Crippen molar-refractivity contribution in [3.05, 3.63) is 70.9 Å². The number of amides is 1. The van der Waals surface area contributed by atoms with Crippen molar-refractivity contribution < 1.29 is 17.9 Å². The van der Waals surface area contributed by atoms with E-state index in [4.69, 9.17) is 4.74 Å². The lowest BCUT2D eigenvalue weighted by Gasteiger charge is -2.13. The van der Waals surface area contributed by atoms with Crippen LogP contribution in [-0.4, -0.2) is 31.2 Å². The second kappa shape index (κ2) is 7.36. The van der Waals surface area contributed by atoms with Gasteiger partial charge in [0.1, 0.15) is 11.6 Å². The fourth-order valence-electron chi connectivity index (χ4n) is 3.45. The first-order valence-corrected chi connectivity index (χ1v) is 11.0. The summed E-state index contributed by atoms with van der Waals surface area (Å²) in [6.45, 7) is 1.95. The summed E-state index contributed by atoms with van der Waals surface area (Å²) in [5.74, 6) is 0.676. The molecule has 7 nitrogen and oxygen atoms in total. The van der Waals surface area contributed by atoms with E-state index in [9.17, 15) is 13.2 Å². The summed E-state index contributed by atoms with van der Waals surface area (Å²) in [6, 6.07) is 14.9. The van der Waals surface area contributed by atoms with Gasteiger partial charge in [-0.25, -0.2) is 13.1 Å². The van der Waals surface area contributed by atoms with Gasteiger partial charge in [-0.2, -0.15) is 5.10 Å². The number of ether oxygens (including phenoxy) is 1. The molecule has 8 heteroatoms. The van der Waals surface area contributed by atoms with E-state index in [1.165, 1.54) is 0 Å². The van der Waals surface area contributed by atoms with Crippen molar-refractivity contribution in [2.75, 3.05) is 12.4 Å². The smallest absolute Gasteiger partial charge is 0.229 e. The van der Waals surface area contributed by atoms with Gasteiger partial charge in [0, 0.05) is 5.56 Å². The Balaban J connectivity index is 1.66. The number of aryl methyl sites for hydroxylation is 1. The van der Waals surface area contributed by atoms with Crippen LogP contribution in [-0.2, 0) is 32.6 Å². The highest BCUT2D eigenvalue weighted by Gasteiger charge is 2.33. The van der Waals surface area contributed by atoms with Crippen LogP contribution in [0.15, 0.2) is 48.5 Å². The summed E-state index contributed by atoms with van der Waals surface area (Å²) in [4.78, 5) is 12.7. The first-order chi connectivity index (χ1) is 13.9. The van der Waals surface area contributed by atoms with Gasteiger partial charge in [0.25, 0.3) is 0 Å². The Hall–Kier alpha value is -3.13. The van der Waals surface area contributed by atoms with Crippen molar-refractivity contribution in [2.45, 2.75) is 24.9 Å². The van der Waals surface area contributed by atoms with E-state index >= 15 is 0 Å². The van der Waals surface area contributed by atoms with Crippen molar-refractivity contribution in [1.29, 1.82) is 0 Å². The lowest BCUT2D eigenvalue weighted by atomic mass is 10.1. The van der Waals surface area contributed by atoms with Gasteiger partial charge in [-0.3, -0.25) is 4.79 Å². The number of fused-ring (bicyclic) bond motifs is 1. The van der Waals surface area contributed by atoms with E-state index in [-0.39, 0.29) is 23.8 Å². The Kier molecular flexibility index (Phi) is 4.87. The van der Waals surface area contributed by atoms with Gasteiger partial charge < -0.3 is 10.1 Å². The zero-order valence-corrected chi connectivity index (χ0v) is 17.0. The van der Waals surface area contributed by atoms with Crippen LogP contribution in [0, 0.1) is 6.92 Å². The number of para-hydroxylation sites is 1. The van der Waals surface area contributed by atoms with E-state index in [0.29, 0.717) is 17.1 Å². The lowest BCUT2D eigenvalue weighted by molar-refractivity contribution is -0.115. The first kappa shape index (κ1) is 19.2. The van der Waals surface area contributed by atoms with Crippen molar-refractivity contribution in [1.82, 2.24) is 9.78 Å². The molecule has 1 amide bonds. The number of sulfone groups is 1. The SMILES string of the molecule is COc1ccc(CC(=O)Nc2c3c(nn2-c2ccccc2C)CS(=O)(=O)C3)cc1. The number of methoxy groups -OCH3 is 1. The van der Waals surface area contributed by atoms with E-state index in [0.717, 1.165) is 22.6 Å². The molecule has 0 spiro atoms. The number of benzene rings is 2. The number of nitrogens with one attached hydrogen (secondary N) is 1. The van der Waals surface area contributed by atoms with Gasteiger partial charge in [-0.15, -0.1) is 0 Å². The van der Waals surface area contributed by atoms with Gasteiger partial charge in [-0.05, 0) is 36.2 Å². The van der Waals surface area contributed by atoms with Crippen LogP contribution in [0.1, 0.15) is 22.4 Å². The molecule has 0 aliphatic carbocycles. The Labute approximate surface area is 169 Å². The molecule has 2 aromatic carbocycles. The van der Waals surface area contributed by atoms with Crippen LogP contribution in [0.3, 0.4) is 0 Å². The Morgan fingerprint density at radius 3 is 2.55 bits per heavy atom. The predicted molar refractivity (Wildman–Crippen MR) is 110 cm³/mol. The molecule has 0 bridgehead atoms. The number of aromatic nitrogens is 2. The Bertz CT molecular complexity index is 1180. The summed E-state index contributed by atoms with van der Waals surface area (Å²) in [5, 5.41) is 7.40. The Morgan fingerprint density at radius 2 is 1.86 bits per heavy atom. The van der Waals surface area contributed by atoms with Crippen LogP contribution in [0.2, 0.25) is 0 Å². The molecule has 29 heavy (non-hydrogen) atoms. The maximum Gasteiger partial charge on any atom is 0.229 e. The maximum absolute atomic E-state index is 12.7. The van der Waals surface area contributed by atoms with Crippen molar-refractivity contribution in [3.63, 3.8) is 0 Å². The molecule has 0 fully saturated rings. The summed E-state index contributed by atoms with van der Waals surface area (Å²) < 4.78 is 30.9. The highest BCUT2D eigenvalue weighted by molar-refractivity contribution is 7.90. The number of carbonyl (C=O) groups excluding carboxylic acids is 1. The summed E-state index contributed by atoms with van der Waals surface area (Å²) in [6.07, 6.45) is 0.157. The fourth-order valence-corrected chi connectivity index (χ4v) is 4.95. The molecular formula is C21H21N3O4S. The normalized spacial score (nSPS) is 14.4. The topological polar surface area (TPSA) is 90.3 Å². The monoisotopic (exact) mass is 411 g/mol. The molecule has 0 atom stereocenters. The molecule has 4 rings (SSSR count). The highest BCUT2D eigenvalue weighted by Crippen LogP contribution is 2.33. The maximum atomic E-state index is 12.7. The molecule has 150 valence electrons. The number of carbonyl (C=O) groups is 1. The van der Waals surface area contributed by atoms with Crippen LogP contribution in [0.25, 0.3) is 5.69 Å². The average molecular weight is 411 g/mol. The molecule has 1 N–H and O–H groups in total. The van der Waals surface area contributed by atoms with E-state index in [1.807, 2.05) is 43.3 Å². The number of hydrogen-bond donors (Lipinski definition) is 1. The number of nitrogens with zero attached hydrogens (tertiary/aromatic N) is 2. The highest BCUT2D eigenvalue weighted by atomic mass is 32.2. The van der Waals surface area contributed by atoms with Crippen molar-refractivity contribution in [3.8, 4) is 11.4 Å². The second-order valence-electron chi connectivity index (χ2n) is 7.08. The molecule has 2 heterocycles. The number of hydrogen-bond acceptors (Lipinski definition) is 5. The van der Waals surface area contributed by atoms with Crippen molar-refractivity contribution in [2.24, 2.45) is 0 Å². The number of anilines is 1. The molecule has 0 radical (unpaired) electrons. The van der Waals surface area contributed by atoms with Gasteiger partial charge in [0.15, 0.2) is 9.84 Å². The minimum absolute atomic E-state index is 0.109. The van der Waals surface area contributed by atoms with Crippen LogP contribution >= 0.6 is 0 Å². The fraction of sp³-hybridized carbons (Fsp3) is 0.238. The Morgan fingerprint density at radius 1 is 1.14 bits per heavy atom. The summed E-state index contributed by atoms with van der Waals surface area (Å²) in [7, 11) is -1.65. The molecule has 1 aliphatic heterocycles. The van der Waals surface area contributed by atoms with Gasteiger partial charge in [0.05, 0.1) is 36.4 Å². The molecule has 0 unspecified atom stereocenters. The summed E-state index contributed by atoms with van der Waals surface area (Å²) >= 11 is 0. The standard InChI is InChI=1S/C21H21N3O4S/c1-14-5-3-4-6-19(14)24-21(17-12-29(26,27)13-18(17)23-24)22-20(25)11-15-7-9-16(28-2)10-8-15/h3-10H,11-13H2,1-2H3,(H,22,25). The zero-order chi connectivity index (χ0) is 20.6. The third-order valence-electron chi connectivity index (χ3n) is 4.91. The molecule has 0 saturated heterocycles. The van der Waals surface area contributed by atoms with Gasteiger partial charge >= 0.3 is 0 Å². The zero-order valence-electron chi connectivity index (χ0n) is 16.2. The molecule has 0 saturated carbocycles. The molecule has 1 aromatic heterocycles. The average Bonchev–Trinajstić information content (AvgIpc) is 3.15. The molecule has 1 aliphatic rings. The van der Waals surface area contributed by atoms with E-state index < -0.39 is 9.84 Å². The first-order valence-electron chi connectivity index (χ1n) is 9.16. The van der Waals surface area contributed by atoms with Gasteiger partial charge in [-0.1, -0.05) is 30.3 Å². The molecule has 3 aromatic rings. The third-order valence-corrected chi connectivity index (χ3v) is 6.35. The lowest BCUT2D eigenvalue weighted by Crippen LogP contribution is -2.19. The van der Waals surface area contributed by atoms with E-state index in [1.54, 1.807) is 23.9 Å². The quantitative estimate of drug-likeness (QED) is 0.697. The minimum atomic E-state index is -3.24. The van der Waals surface area contributed by atoms with Crippen molar-refractivity contribution >= 4 is 21.6 Å². The summed E-state index contributed by atoms with van der Waals surface area (Å²) in [5.41, 5.74) is 3.67. The van der Waals surface area contributed by atoms with Crippen LogP contribution in [0.4, 0.5) is 5.82 Å². The number of rotatable bonds is 5. The molecular weight excluding hydrogens is 390 g/mol. The van der Waals surface area contributed by atoms with E-state index in [2.05, 4.69) is 10.4 Å². The largest absolute Gasteiger partial charge is 0.497 e. The minimum Gasteiger partial charge on any atom is -0.497 e. The second-order valence-corrected chi connectivity index (χ2v) is 9.14. The third kappa shape index (κ3) is 3.88. The van der Waals surface area contributed by atoms with Crippen LogP contribution in [0.5, 0.6) is 5.75 Å². The predicted octanol–water partition coefficient (Wildman–Crippen LogP) is 2.80. The van der Waals surface area contributed by atoms with Crippen LogP contribution < -0.4 is 10.1 Å².